The highest BCUT2D eigenvalue weighted by Crippen LogP contribution is 2.02. The van der Waals surface area contributed by atoms with Gasteiger partial charge in [0.05, 0.1) is 13.0 Å². The van der Waals surface area contributed by atoms with Crippen molar-refractivity contribution in [1.29, 1.82) is 0 Å². The monoisotopic (exact) mass is 257 g/mol. The average Bonchev–Trinajstić information content (AvgIpc) is 2.38. The molecule has 0 aromatic rings. The van der Waals surface area contributed by atoms with Gasteiger partial charge >= 0.3 is 0 Å². The molecule has 0 aliphatic carbocycles. The zero-order chi connectivity index (χ0) is 13.6. The Balaban J connectivity index is 3.80. The Morgan fingerprint density at radius 1 is 0.889 bits per heavy atom. The summed E-state index contributed by atoms with van der Waals surface area (Å²) in [5, 5.41) is 0. The molecule has 0 saturated carbocycles. The molecule has 0 unspecified atom stereocenters. The zero-order valence-electron chi connectivity index (χ0n) is 12.5. The van der Waals surface area contributed by atoms with Gasteiger partial charge in [-0.15, -0.1) is 0 Å². The fraction of sp³-hybridized carbons (Fsp3) is 0.933. The largest absolute Gasteiger partial charge is 0.381 e. The number of carbonyl (C=O) groups excluding carboxylic acids is 1. The molecule has 0 fully saturated rings. The van der Waals surface area contributed by atoms with Gasteiger partial charge in [-0.2, -0.15) is 0 Å². The summed E-state index contributed by atoms with van der Waals surface area (Å²) in [6.45, 7) is 9.65. The molecule has 0 N–H and O–H groups in total. The summed E-state index contributed by atoms with van der Waals surface area (Å²) in [7, 11) is 0. The van der Waals surface area contributed by atoms with E-state index in [1.807, 2.05) is 4.90 Å². The maximum Gasteiger partial charge on any atom is 0.224 e. The first-order valence-electron chi connectivity index (χ1n) is 7.61. The maximum atomic E-state index is 12.0. The van der Waals surface area contributed by atoms with E-state index in [0.29, 0.717) is 13.0 Å². The number of amides is 1. The normalized spacial score (nSPS) is 10.6. The van der Waals surface area contributed by atoms with Gasteiger partial charge in [0.1, 0.15) is 0 Å². The van der Waals surface area contributed by atoms with E-state index in [1.54, 1.807) is 0 Å². The van der Waals surface area contributed by atoms with Crippen molar-refractivity contribution in [3.63, 3.8) is 0 Å². The van der Waals surface area contributed by atoms with Crippen molar-refractivity contribution in [2.24, 2.45) is 0 Å². The van der Waals surface area contributed by atoms with Gasteiger partial charge in [-0.05, 0) is 19.3 Å². The van der Waals surface area contributed by atoms with Crippen LogP contribution in [-0.4, -0.2) is 37.1 Å². The lowest BCUT2D eigenvalue weighted by Gasteiger charge is -2.22. The quantitative estimate of drug-likeness (QED) is 0.500. The third-order valence-corrected chi connectivity index (χ3v) is 3.02. The summed E-state index contributed by atoms with van der Waals surface area (Å²) < 4.78 is 5.46. The molecular formula is C15H31NO2. The van der Waals surface area contributed by atoms with Gasteiger partial charge in [0.2, 0.25) is 5.91 Å². The Labute approximate surface area is 113 Å². The van der Waals surface area contributed by atoms with Crippen LogP contribution >= 0.6 is 0 Å². The Morgan fingerprint density at radius 2 is 1.44 bits per heavy atom. The van der Waals surface area contributed by atoms with Crippen LogP contribution in [0.3, 0.4) is 0 Å². The molecule has 0 spiro atoms. The molecule has 0 atom stereocenters. The van der Waals surface area contributed by atoms with Crippen LogP contribution in [-0.2, 0) is 9.53 Å². The Kier molecular flexibility index (Phi) is 12.5. The lowest BCUT2D eigenvalue weighted by atomic mass is 10.2. The third-order valence-electron chi connectivity index (χ3n) is 3.02. The highest BCUT2D eigenvalue weighted by atomic mass is 16.5. The van der Waals surface area contributed by atoms with Crippen LogP contribution in [0.2, 0.25) is 0 Å². The van der Waals surface area contributed by atoms with Crippen molar-refractivity contribution >= 4 is 5.91 Å². The van der Waals surface area contributed by atoms with E-state index in [4.69, 9.17) is 4.74 Å². The van der Waals surface area contributed by atoms with Gasteiger partial charge in [0.25, 0.3) is 0 Å². The van der Waals surface area contributed by atoms with Crippen LogP contribution in [0.5, 0.6) is 0 Å². The number of unbranched alkanes of at least 4 members (excludes halogenated alkanes) is 3. The first-order chi connectivity index (χ1) is 8.76. The van der Waals surface area contributed by atoms with Crippen LogP contribution in [0.15, 0.2) is 0 Å². The molecule has 108 valence electrons. The van der Waals surface area contributed by atoms with Crippen molar-refractivity contribution in [1.82, 2.24) is 4.90 Å². The van der Waals surface area contributed by atoms with E-state index >= 15 is 0 Å². The molecular weight excluding hydrogens is 226 g/mol. The summed E-state index contributed by atoms with van der Waals surface area (Å²) in [6.07, 6.45) is 7.26. The lowest BCUT2D eigenvalue weighted by Crippen LogP contribution is -2.33. The minimum Gasteiger partial charge on any atom is -0.381 e. The van der Waals surface area contributed by atoms with Crippen LogP contribution in [0.25, 0.3) is 0 Å². The molecule has 0 aromatic carbocycles. The van der Waals surface area contributed by atoms with Crippen LogP contribution < -0.4 is 0 Å². The van der Waals surface area contributed by atoms with Gasteiger partial charge in [0, 0.05) is 19.7 Å². The highest BCUT2D eigenvalue weighted by Gasteiger charge is 2.11. The molecule has 0 bridgehead atoms. The minimum absolute atomic E-state index is 0.258. The van der Waals surface area contributed by atoms with E-state index in [-0.39, 0.29) is 5.91 Å². The van der Waals surface area contributed by atoms with Crippen molar-refractivity contribution < 1.29 is 9.53 Å². The average molecular weight is 257 g/mol. The Bertz CT molecular complexity index is 187. The summed E-state index contributed by atoms with van der Waals surface area (Å²) in [5.74, 6) is 0.258. The van der Waals surface area contributed by atoms with Gasteiger partial charge < -0.3 is 9.64 Å². The van der Waals surface area contributed by atoms with Gasteiger partial charge in [-0.25, -0.2) is 0 Å². The Hall–Kier alpha value is -0.570. The van der Waals surface area contributed by atoms with E-state index in [2.05, 4.69) is 20.8 Å². The lowest BCUT2D eigenvalue weighted by molar-refractivity contribution is -0.132. The summed E-state index contributed by atoms with van der Waals surface area (Å²) in [5.41, 5.74) is 0. The molecule has 1 amide bonds. The van der Waals surface area contributed by atoms with Crippen LogP contribution in [0, 0.1) is 0 Å². The van der Waals surface area contributed by atoms with Crippen LogP contribution in [0.1, 0.15) is 65.7 Å². The van der Waals surface area contributed by atoms with Gasteiger partial charge in [-0.3, -0.25) is 4.79 Å². The van der Waals surface area contributed by atoms with Crippen molar-refractivity contribution in [2.45, 2.75) is 65.7 Å². The standard InChI is InChI=1S/C15H31NO2/c1-4-7-11-16(12-8-5-2)15(17)10-14-18-13-9-6-3/h4-14H2,1-3H3. The maximum absolute atomic E-state index is 12.0. The van der Waals surface area contributed by atoms with Gasteiger partial charge in [-0.1, -0.05) is 40.0 Å². The van der Waals surface area contributed by atoms with Crippen molar-refractivity contribution in [2.75, 3.05) is 26.3 Å². The van der Waals surface area contributed by atoms with E-state index in [9.17, 15) is 4.79 Å². The molecule has 3 heteroatoms. The van der Waals surface area contributed by atoms with E-state index in [0.717, 1.165) is 58.2 Å². The second-order valence-corrected chi connectivity index (χ2v) is 4.80. The molecule has 3 nitrogen and oxygen atoms in total. The van der Waals surface area contributed by atoms with Crippen LogP contribution in [0.4, 0.5) is 0 Å². The molecule has 0 heterocycles. The van der Waals surface area contributed by atoms with E-state index in [1.165, 1.54) is 0 Å². The molecule has 18 heavy (non-hydrogen) atoms. The number of hydrogen-bond donors (Lipinski definition) is 0. The molecule has 0 rings (SSSR count). The zero-order valence-corrected chi connectivity index (χ0v) is 12.5. The molecule has 0 aromatic heterocycles. The smallest absolute Gasteiger partial charge is 0.224 e. The second-order valence-electron chi connectivity index (χ2n) is 4.80. The summed E-state index contributed by atoms with van der Waals surface area (Å²) >= 11 is 0. The van der Waals surface area contributed by atoms with Gasteiger partial charge in [0.15, 0.2) is 0 Å². The molecule has 0 aliphatic heterocycles. The second kappa shape index (κ2) is 12.9. The number of ether oxygens (including phenoxy) is 1. The number of carbonyl (C=O) groups is 1. The fourth-order valence-corrected chi connectivity index (χ4v) is 1.73. The first kappa shape index (κ1) is 17.4. The van der Waals surface area contributed by atoms with Crippen molar-refractivity contribution in [3.05, 3.63) is 0 Å². The number of nitrogens with zero attached hydrogens (tertiary/aromatic N) is 1. The number of hydrogen-bond acceptors (Lipinski definition) is 2. The molecule has 0 saturated heterocycles. The predicted octanol–water partition coefficient (Wildman–Crippen LogP) is 3.62. The van der Waals surface area contributed by atoms with E-state index < -0.39 is 0 Å². The van der Waals surface area contributed by atoms with Crippen molar-refractivity contribution in [3.8, 4) is 0 Å². The first-order valence-corrected chi connectivity index (χ1v) is 7.61. The summed E-state index contributed by atoms with van der Waals surface area (Å²) in [4.78, 5) is 14.0. The molecule has 0 aliphatic rings. The SMILES string of the molecule is CCCCOCCC(=O)N(CCCC)CCCC. The Morgan fingerprint density at radius 3 is 1.94 bits per heavy atom. The summed E-state index contributed by atoms with van der Waals surface area (Å²) in [6, 6.07) is 0. The number of rotatable bonds is 12. The third kappa shape index (κ3) is 9.46. The topological polar surface area (TPSA) is 29.5 Å². The fourth-order valence-electron chi connectivity index (χ4n) is 1.73. The molecule has 0 radical (unpaired) electrons. The predicted molar refractivity (Wildman–Crippen MR) is 76.7 cm³/mol. The minimum atomic E-state index is 0.258. The highest BCUT2D eigenvalue weighted by molar-refractivity contribution is 5.76.